The SMILES string of the molecule is COC(=O)c1ccc(-c2ccc3nc(Cl)cc(C(=O)Cl)c3c2)cc1. The van der Waals surface area contributed by atoms with Crippen molar-refractivity contribution in [2.45, 2.75) is 0 Å². The molecular formula is C18H11Cl2NO3. The third kappa shape index (κ3) is 3.11. The summed E-state index contributed by atoms with van der Waals surface area (Å²) in [5.74, 6) is -0.395. The lowest BCUT2D eigenvalue weighted by Crippen LogP contribution is -2.00. The molecule has 6 heteroatoms. The van der Waals surface area contributed by atoms with Crippen LogP contribution in [0.3, 0.4) is 0 Å². The Morgan fingerprint density at radius 3 is 2.29 bits per heavy atom. The Morgan fingerprint density at radius 1 is 1.00 bits per heavy atom. The fraction of sp³-hybridized carbons (Fsp3) is 0.0556. The molecule has 0 radical (unpaired) electrons. The van der Waals surface area contributed by atoms with Crippen LogP contribution in [0.5, 0.6) is 0 Å². The highest BCUT2D eigenvalue weighted by molar-refractivity contribution is 6.68. The number of benzene rings is 2. The third-order valence-corrected chi connectivity index (χ3v) is 4.03. The zero-order valence-electron chi connectivity index (χ0n) is 12.5. The Kier molecular flexibility index (Phi) is 4.51. The van der Waals surface area contributed by atoms with E-state index < -0.39 is 11.2 Å². The van der Waals surface area contributed by atoms with Crippen LogP contribution >= 0.6 is 23.2 Å². The summed E-state index contributed by atoms with van der Waals surface area (Å²) in [5, 5.41) is 0.234. The van der Waals surface area contributed by atoms with Crippen molar-refractivity contribution in [2.75, 3.05) is 7.11 Å². The highest BCUT2D eigenvalue weighted by atomic mass is 35.5. The first-order chi connectivity index (χ1) is 11.5. The van der Waals surface area contributed by atoms with E-state index in [1.54, 1.807) is 30.3 Å². The van der Waals surface area contributed by atoms with Gasteiger partial charge in [0.15, 0.2) is 0 Å². The van der Waals surface area contributed by atoms with Crippen LogP contribution < -0.4 is 0 Å². The quantitative estimate of drug-likeness (QED) is 0.385. The average Bonchev–Trinajstić information content (AvgIpc) is 2.60. The zero-order valence-corrected chi connectivity index (χ0v) is 14.1. The third-order valence-electron chi connectivity index (χ3n) is 3.63. The molecule has 0 saturated carbocycles. The van der Waals surface area contributed by atoms with Gasteiger partial charge in [-0.05, 0) is 53.1 Å². The monoisotopic (exact) mass is 359 g/mol. The molecule has 1 heterocycles. The number of halogens is 2. The predicted octanol–water partition coefficient (Wildman–Crippen LogP) is 4.72. The number of fused-ring (bicyclic) bond motifs is 1. The van der Waals surface area contributed by atoms with E-state index in [1.165, 1.54) is 13.2 Å². The van der Waals surface area contributed by atoms with Gasteiger partial charge in [-0.3, -0.25) is 4.79 Å². The van der Waals surface area contributed by atoms with Gasteiger partial charge in [-0.15, -0.1) is 0 Å². The van der Waals surface area contributed by atoms with Crippen molar-refractivity contribution >= 4 is 45.3 Å². The molecule has 3 aromatic rings. The van der Waals surface area contributed by atoms with E-state index in [1.807, 2.05) is 12.1 Å². The first-order valence-electron chi connectivity index (χ1n) is 6.98. The van der Waals surface area contributed by atoms with Crippen molar-refractivity contribution in [3.8, 4) is 11.1 Å². The number of rotatable bonds is 3. The standard InChI is InChI=1S/C18H11Cl2NO3/c1-24-18(23)11-4-2-10(3-5-11)12-6-7-15-13(8-12)14(17(20)22)9-16(19)21-15/h2-9H,1H3. The fourth-order valence-electron chi connectivity index (χ4n) is 2.45. The van der Waals surface area contributed by atoms with Crippen LogP contribution in [0.2, 0.25) is 5.15 Å². The molecule has 120 valence electrons. The zero-order chi connectivity index (χ0) is 17.3. The van der Waals surface area contributed by atoms with Gasteiger partial charge in [0, 0.05) is 10.9 Å². The highest BCUT2D eigenvalue weighted by Gasteiger charge is 2.12. The molecule has 24 heavy (non-hydrogen) atoms. The summed E-state index contributed by atoms with van der Waals surface area (Å²) in [4.78, 5) is 27.3. The van der Waals surface area contributed by atoms with Crippen molar-refractivity contribution < 1.29 is 14.3 Å². The van der Waals surface area contributed by atoms with Gasteiger partial charge in [0.05, 0.1) is 18.2 Å². The second-order valence-corrected chi connectivity index (χ2v) is 5.80. The van der Waals surface area contributed by atoms with Gasteiger partial charge in [-0.2, -0.15) is 0 Å². The largest absolute Gasteiger partial charge is 0.465 e. The molecule has 0 amide bonds. The molecule has 0 aliphatic heterocycles. The number of pyridine rings is 1. The van der Waals surface area contributed by atoms with E-state index in [9.17, 15) is 9.59 Å². The second kappa shape index (κ2) is 6.59. The molecule has 0 aliphatic carbocycles. The summed E-state index contributed by atoms with van der Waals surface area (Å²) in [5.41, 5.74) is 3.10. The Bertz CT molecular complexity index is 952. The molecule has 0 unspecified atom stereocenters. The Balaban J connectivity index is 2.10. The summed E-state index contributed by atoms with van der Waals surface area (Å²) >= 11 is 11.6. The van der Waals surface area contributed by atoms with E-state index in [-0.39, 0.29) is 5.15 Å². The molecule has 3 rings (SSSR count). The average molecular weight is 360 g/mol. The van der Waals surface area contributed by atoms with E-state index in [4.69, 9.17) is 23.2 Å². The number of nitrogens with zero attached hydrogens (tertiary/aromatic N) is 1. The number of carbonyl (C=O) groups excluding carboxylic acids is 2. The summed E-state index contributed by atoms with van der Waals surface area (Å²) in [6.45, 7) is 0. The van der Waals surface area contributed by atoms with Crippen LogP contribution in [0.1, 0.15) is 20.7 Å². The number of methoxy groups -OCH3 is 1. The van der Waals surface area contributed by atoms with E-state index in [0.29, 0.717) is 22.0 Å². The van der Waals surface area contributed by atoms with E-state index in [0.717, 1.165) is 11.1 Å². The van der Waals surface area contributed by atoms with Crippen LogP contribution in [-0.2, 0) is 4.74 Å². The molecule has 0 N–H and O–H groups in total. The lowest BCUT2D eigenvalue weighted by Gasteiger charge is -2.08. The fourth-order valence-corrected chi connectivity index (χ4v) is 2.81. The van der Waals surface area contributed by atoms with E-state index in [2.05, 4.69) is 9.72 Å². The van der Waals surface area contributed by atoms with Crippen molar-refractivity contribution in [3.05, 3.63) is 64.8 Å². The van der Waals surface area contributed by atoms with Crippen molar-refractivity contribution in [1.29, 1.82) is 0 Å². The molecule has 4 nitrogen and oxygen atoms in total. The lowest BCUT2D eigenvalue weighted by molar-refractivity contribution is 0.0600. The van der Waals surface area contributed by atoms with Gasteiger partial charge in [0.1, 0.15) is 5.15 Å². The number of aromatic nitrogens is 1. The predicted molar refractivity (Wildman–Crippen MR) is 93.7 cm³/mol. The van der Waals surface area contributed by atoms with Gasteiger partial charge in [-0.1, -0.05) is 29.8 Å². The minimum Gasteiger partial charge on any atom is -0.465 e. The van der Waals surface area contributed by atoms with Gasteiger partial charge >= 0.3 is 5.97 Å². The van der Waals surface area contributed by atoms with Crippen LogP contribution in [0.25, 0.3) is 22.0 Å². The maximum Gasteiger partial charge on any atom is 0.337 e. The number of hydrogen-bond acceptors (Lipinski definition) is 4. The van der Waals surface area contributed by atoms with Gasteiger partial charge in [0.25, 0.3) is 5.24 Å². The van der Waals surface area contributed by atoms with Crippen molar-refractivity contribution in [3.63, 3.8) is 0 Å². The summed E-state index contributed by atoms with van der Waals surface area (Å²) in [6.07, 6.45) is 0. The smallest absolute Gasteiger partial charge is 0.337 e. The Hall–Kier alpha value is -2.43. The second-order valence-electron chi connectivity index (χ2n) is 5.07. The molecular weight excluding hydrogens is 349 g/mol. The highest BCUT2D eigenvalue weighted by Crippen LogP contribution is 2.28. The first kappa shape index (κ1) is 16.4. The summed E-state index contributed by atoms with van der Waals surface area (Å²) in [6, 6.07) is 13.9. The maximum atomic E-state index is 11.6. The lowest BCUT2D eigenvalue weighted by atomic mass is 10.00. The molecule has 0 fully saturated rings. The molecule has 0 saturated heterocycles. The number of esters is 1. The van der Waals surface area contributed by atoms with Crippen molar-refractivity contribution in [1.82, 2.24) is 4.98 Å². The van der Waals surface area contributed by atoms with Crippen LogP contribution in [0, 0.1) is 0 Å². The molecule has 0 spiro atoms. The molecule has 0 bridgehead atoms. The molecule has 0 aliphatic rings. The van der Waals surface area contributed by atoms with Gasteiger partial charge in [-0.25, -0.2) is 9.78 Å². The summed E-state index contributed by atoms with van der Waals surface area (Å²) < 4.78 is 4.68. The van der Waals surface area contributed by atoms with Gasteiger partial charge < -0.3 is 4.74 Å². The number of hydrogen-bond donors (Lipinski definition) is 0. The van der Waals surface area contributed by atoms with E-state index >= 15 is 0 Å². The Morgan fingerprint density at radius 2 is 1.67 bits per heavy atom. The topological polar surface area (TPSA) is 56.3 Å². The minimum atomic E-state index is -0.595. The van der Waals surface area contributed by atoms with Crippen molar-refractivity contribution in [2.24, 2.45) is 0 Å². The number of carbonyl (C=O) groups is 2. The maximum absolute atomic E-state index is 11.6. The molecule has 0 atom stereocenters. The molecule has 1 aromatic heterocycles. The first-order valence-corrected chi connectivity index (χ1v) is 7.74. The van der Waals surface area contributed by atoms with Crippen LogP contribution in [0.15, 0.2) is 48.5 Å². The Labute approximate surface area is 148 Å². The molecule has 2 aromatic carbocycles. The van der Waals surface area contributed by atoms with Crippen LogP contribution in [-0.4, -0.2) is 23.3 Å². The summed E-state index contributed by atoms with van der Waals surface area (Å²) in [7, 11) is 1.34. The normalized spacial score (nSPS) is 10.6. The van der Waals surface area contributed by atoms with Crippen LogP contribution in [0.4, 0.5) is 0 Å². The number of ether oxygens (including phenoxy) is 1. The minimum absolute atomic E-state index is 0.210. The van der Waals surface area contributed by atoms with Gasteiger partial charge in [0.2, 0.25) is 0 Å².